The molecule has 1 atom stereocenters. The molecule has 2 heteroatoms. The molecule has 0 amide bonds. The van der Waals surface area contributed by atoms with E-state index in [0.717, 1.165) is 12.8 Å². The Hall–Kier alpha value is -1.15. The SMILES string of the molecule is CCCCC(=O)C(O)c1ccccc1. The molecule has 0 aliphatic heterocycles. The van der Waals surface area contributed by atoms with Gasteiger partial charge in [0, 0.05) is 6.42 Å². The summed E-state index contributed by atoms with van der Waals surface area (Å²) in [6, 6.07) is 9.06. The highest BCUT2D eigenvalue weighted by atomic mass is 16.3. The number of rotatable bonds is 5. The number of Topliss-reactive ketones (excluding diaryl/α,β-unsaturated/α-hetero) is 1. The van der Waals surface area contributed by atoms with Crippen LogP contribution in [0.1, 0.15) is 37.9 Å². The molecule has 0 saturated carbocycles. The van der Waals surface area contributed by atoms with Gasteiger partial charge < -0.3 is 5.11 Å². The quantitative estimate of drug-likeness (QED) is 0.778. The summed E-state index contributed by atoms with van der Waals surface area (Å²) < 4.78 is 0. The third-order valence-corrected chi connectivity index (χ3v) is 2.20. The summed E-state index contributed by atoms with van der Waals surface area (Å²) in [6.07, 6.45) is 1.35. The van der Waals surface area contributed by atoms with Crippen molar-refractivity contribution in [1.29, 1.82) is 0 Å². The number of unbranched alkanes of at least 4 members (excludes halogenated alkanes) is 1. The Kier molecular flexibility index (Phi) is 4.33. The molecule has 1 aromatic rings. The average Bonchev–Trinajstić information content (AvgIpc) is 2.26. The van der Waals surface area contributed by atoms with Crippen molar-refractivity contribution in [3.8, 4) is 0 Å². The van der Waals surface area contributed by atoms with Crippen molar-refractivity contribution in [3.05, 3.63) is 35.9 Å². The summed E-state index contributed by atoms with van der Waals surface area (Å²) in [4.78, 5) is 11.5. The maximum atomic E-state index is 11.5. The van der Waals surface area contributed by atoms with Gasteiger partial charge in [-0.2, -0.15) is 0 Å². The highest BCUT2D eigenvalue weighted by molar-refractivity contribution is 5.83. The van der Waals surface area contributed by atoms with Crippen molar-refractivity contribution in [2.75, 3.05) is 0 Å². The molecule has 0 saturated heterocycles. The first kappa shape index (κ1) is 10.9. The summed E-state index contributed by atoms with van der Waals surface area (Å²) in [7, 11) is 0. The molecule has 0 aliphatic rings. The van der Waals surface area contributed by atoms with Crippen molar-refractivity contribution in [2.24, 2.45) is 0 Å². The Labute approximate surface area is 84.6 Å². The number of hydrogen-bond donors (Lipinski definition) is 1. The molecular formula is C12H16O2. The van der Waals surface area contributed by atoms with Crippen molar-refractivity contribution < 1.29 is 9.90 Å². The standard InChI is InChI=1S/C12H16O2/c1-2-3-9-11(13)12(14)10-7-5-4-6-8-10/h4-8,12,14H,2-3,9H2,1H3. The van der Waals surface area contributed by atoms with E-state index in [4.69, 9.17) is 0 Å². The Balaban J connectivity index is 2.57. The minimum atomic E-state index is -0.942. The van der Waals surface area contributed by atoms with Gasteiger partial charge in [0.25, 0.3) is 0 Å². The normalized spacial score (nSPS) is 12.4. The third-order valence-electron chi connectivity index (χ3n) is 2.20. The third kappa shape index (κ3) is 2.96. The van der Waals surface area contributed by atoms with Gasteiger partial charge in [-0.05, 0) is 12.0 Å². The van der Waals surface area contributed by atoms with Crippen molar-refractivity contribution in [3.63, 3.8) is 0 Å². The molecular weight excluding hydrogens is 176 g/mol. The second kappa shape index (κ2) is 5.55. The van der Waals surface area contributed by atoms with Gasteiger partial charge in [-0.1, -0.05) is 43.7 Å². The molecule has 76 valence electrons. The van der Waals surface area contributed by atoms with Gasteiger partial charge in [-0.15, -0.1) is 0 Å². The highest BCUT2D eigenvalue weighted by Crippen LogP contribution is 2.15. The van der Waals surface area contributed by atoms with Crippen molar-refractivity contribution in [1.82, 2.24) is 0 Å². The van der Waals surface area contributed by atoms with Crippen LogP contribution < -0.4 is 0 Å². The Bertz CT molecular complexity index is 280. The molecule has 0 heterocycles. The zero-order chi connectivity index (χ0) is 10.4. The van der Waals surface area contributed by atoms with Gasteiger partial charge >= 0.3 is 0 Å². The van der Waals surface area contributed by atoms with E-state index in [0.29, 0.717) is 12.0 Å². The van der Waals surface area contributed by atoms with Crippen LogP contribution in [0.5, 0.6) is 0 Å². The zero-order valence-corrected chi connectivity index (χ0v) is 8.44. The molecule has 0 fully saturated rings. The van der Waals surface area contributed by atoms with Crippen LogP contribution in [0.15, 0.2) is 30.3 Å². The first-order chi connectivity index (χ1) is 6.75. The summed E-state index contributed by atoms with van der Waals surface area (Å²) in [5.41, 5.74) is 0.689. The monoisotopic (exact) mass is 192 g/mol. The number of carbonyl (C=O) groups excluding carboxylic acids is 1. The van der Waals surface area contributed by atoms with Gasteiger partial charge in [0.05, 0.1) is 0 Å². The van der Waals surface area contributed by atoms with Crippen LogP contribution in [0, 0.1) is 0 Å². The van der Waals surface area contributed by atoms with E-state index in [1.54, 1.807) is 12.1 Å². The predicted molar refractivity (Wildman–Crippen MR) is 55.9 cm³/mol. The van der Waals surface area contributed by atoms with E-state index < -0.39 is 6.10 Å². The first-order valence-electron chi connectivity index (χ1n) is 5.01. The van der Waals surface area contributed by atoms with Gasteiger partial charge in [0.15, 0.2) is 5.78 Å². The molecule has 1 N–H and O–H groups in total. The van der Waals surface area contributed by atoms with Crippen molar-refractivity contribution >= 4 is 5.78 Å². The minimum Gasteiger partial charge on any atom is -0.381 e. The summed E-state index contributed by atoms with van der Waals surface area (Å²) >= 11 is 0. The molecule has 0 bridgehead atoms. The maximum absolute atomic E-state index is 11.5. The van der Waals surface area contributed by atoms with Gasteiger partial charge in [-0.3, -0.25) is 4.79 Å². The van der Waals surface area contributed by atoms with Crippen LogP contribution in [0.2, 0.25) is 0 Å². The van der Waals surface area contributed by atoms with Crippen LogP contribution in [-0.4, -0.2) is 10.9 Å². The summed E-state index contributed by atoms with van der Waals surface area (Å²) in [5.74, 6) is -0.0851. The lowest BCUT2D eigenvalue weighted by atomic mass is 10.0. The molecule has 1 unspecified atom stereocenters. The molecule has 0 aromatic heterocycles. The lowest BCUT2D eigenvalue weighted by Gasteiger charge is -2.08. The number of carbonyl (C=O) groups is 1. The summed E-state index contributed by atoms with van der Waals surface area (Å²) in [6.45, 7) is 2.03. The second-order valence-corrected chi connectivity index (χ2v) is 3.38. The largest absolute Gasteiger partial charge is 0.381 e. The molecule has 1 aromatic carbocycles. The smallest absolute Gasteiger partial charge is 0.165 e. The number of aliphatic hydroxyl groups excluding tert-OH is 1. The Morgan fingerprint density at radius 3 is 2.57 bits per heavy atom. The van der Waals surface area contributed by atoms with E-state index in [2.05, 4.69) is 0 Å². The fourth-order valence-electron chi connectivity index (χ4n) is 1.31. The minimum absolute atomic E-state index is 0.0851. The second-order valence-electron chi connectivity index (χ2n) is 3.38. The topological polar surface area (TPSA) is 37.3 Å². The number of benzene rings is 1. The molecule has 0 aliphatic carbocycles. The Morgan fingerprint density at radius 1 is 1.36 bits per heavy atom. The van der Waals surface area contributed by atoms with E-state index in [1.165, 1.54) is 0 Å². The van der Waals surface area contributed by atoms with E-state index in [1.807, 2.05) is 25.1 Å². The van der Waals surface area contributed by atoms with Crippen LogP contribution in [0.3, 0.4) is 0 Å². The average molecular weight is 192 g/mol. The van der Waals surface area contributed by atoms with E-state index in [-0.39, 0.29) is 5.78 Å². The first-order valence-corrected chi connectivity index (χ1v) is 5.01. The fourth-order valence-corrected chi connectivity index (χ4v) is 1.31. The van der Waals surface area contributed by atoms with Gasteiger partial charge in [0.2, 0.25) is 0 Å². The number of hydrogen-bond acceptors (Lipinski definition) is 2. The van der Waals surface area contributed by atoms with Crippen LogP contribution in [0.25, 0.3) is 0 Å². The predicted octanol–water partition coefficient (Wildman–Crippen LogP) is 2.48. The maximum Gasteiger partial charge on any atom is 0.165 e. The fraction of sp³-hybridized carbons (Fsp3) is 0.417. The Morgan fingerprint density at radius 2 is 2.00 bits per heavy atom. The zero-order valence-electron chi connectivity index (χ0n) is 8.44. The molecule has 0 spiro atoms. The van der Waals surface area contributed by atoms with E-state index in [9.17, 15) is 9.90 Å². The van der Waals surface area contributed by atoms with Crippen LogP contribution in [-0.2, 0) is 4.79 Å². The van der Waals surface area contributed by atoms with Crippen LogP contribution in [0.4, 0.5) is 0 Å². The lowest BCUT2D eigenvalue weighted by molar-refractivity contribution is -0.127. The van der Waals surface area contributed by atoms with Gasteiger partial charge in [0.1, 0.15) is 6.10 Å². The lowest BCUT2D eigenvalue weighted by Crippen LogP contribution is -2.11. The van der Waals surface area contributed by atoms with Gasteiger partial charge in [-0.25, -0.2) is 0 Å². The number of ketones is 1. The summed E-state index contributed by atoms with van der Waals surface area (Å²) in [5, 5.41) is 9.67. The molecule has 1 rings (SSSR count). The highest BCUT2D eigenvalue weighted by Gasteiger charge is 2.15. The molecule has 14 heavy (non-hydrogen) atoms. The van der Waals surface area contributed by atoms with E-state index >= 15 is 0 Å². The van der Waals surface area contributed by atoms with Crippen LogP contribution >= 0.6 is 0 Å². The molecule has 0 radical (unpaired) electrons. The molecule has 2 nitrogen and oxygen atoms in total. The van der Waals surface area contributed by atoms with Crippen molar-refractivity contribution in [2.45, 2.75) is 32.3 Å². The number of aliphatic hydroxyl groups is 1.